The van der Waals surface area contributed by atoms with Crippen molar-refractivity contribution < 1.29 is 0 Å². The molecule has 0 spiro atoms. The van der Waals surface area contributed by atoms with Crippen LogP contribution in [0, 0.1) is 11.3 Å². The summed E-state index contributed by atoms with van der Waals surface area (Å²) in [6.07, 6.45) is 3.86. The lowest BCUT2D eigenvalue weighted by atomic mass is 9.81. The molecule has 0 radical (unpaired) electrons. The quantitative estimate of drug-likeness (QED) is 0.193. The molecule has 3 nitrogen and oxygen atoms in total. The lowest BCUT2D eigenvalue weighted by molar-refractivity contribution is 0.660. The molecule has 2 aromatic heterocycles. The molecule has 0 amide bonds. The van der Waals surface area contributed by atoms with Crippen molar-refractivity contribution in [3.63, 3.8) is 0 Å². The van der Waals surface area contributed by atoms with E-state index in [1.54, 1.807) is 0 Å². The molecule has 45 heavy (non-hydrogen) atoms. The molecule has 210 valence electrons. The largest absolute Gasteiger partial charge is 0.264 e. The summed E-state index contributed by atoms with van der Waals surface area (Å²) in [4.78, 5) is 10.0. The van der Waals surface area contributed by atoms with E-state index in [0.717, 1.165) is 43.9 Å². The molecule has 0 saturated carbocycles. The van der Waals surface area contributed by atoms with Crippen molar-refractivity contribution >= 4 is 43.2 Å². The zero-order valence-corrected chi connectivity index (χ0v) is 25.0. The van der Waals surface area contributed by atoms with Gasteiger partial charge >= 0.3 is 0 Å². The molecular formula is C42H27N3. The number of pyridine rings is 2. The van der Waals surface area contributed by atoms with Crippen LogP contribution < -0.4 is 0 Å². The second kappa shape index (κ2) is 9.32. The smallest absolute Gasteiger partial charge is 0.0991 e. The molecule has 0 atom stereocenters. The number of hydrogen-bond donors (Lipinski definition) is 0. The second-order valence-corrected chi connectivity index (χ2v) is 12.5. The molecule has 0 saturated heterocycles. The maximum absolute atomic E-state index is 9.53. The van der Waals surface area contributed by atoms with E-state index in [4.69, 9.17) is 4.98 Å². The van der Waals surface area contributed by atoms with E-state index < -0.39 is 0 Å². The highest BCUT2D eigenvalue weighted by Crippen LogP contribution is 2.50. The third-order valence-corrected chi connectivity index (χ3v) is 9.75. The van der Waals surface area contributed by atoms with E-state index in [-0.39, 0.29) is 5.41 Å². The Morgan fingerprint density at radius 1 is 0.578 bits per heavy atom. The van der Waals surface area contributed by atoms with Crippen molar-refractivity contribution in [2.24, 2.45) is 0 Å². The van der Waals surface area contributed by atoms with Crippen LogP contribution in [0.1, 0.15) is 30.5 Å². The first-order valence-corrected chi connectivity index (χ1v) is 15.3. The van der Waals surface area contributed by atoms with Crippen LogP contribution in [0.4, 0.5) is 0 Å². The molecule has 1 aliphatic carbocycles. The number of hydrogen-bond acceptors (Lipinski definition) is 3. The fourth-order valence-electron chi connectivity index (χ4n) is 7.54. The van der Waals surface area contributed by atoms with E-state index >= 15 is 0 Å². The molecule has 0 bridgehead atoms. The van der Waals surface area contributed by atoms with Gasteiger partial charge in [0.2, 0.25) is 0 Å². The monoisotopic (exact) mass is 573 g/mol. The molecule has 0 aliphatic heterocycles. The van der Waals surface area contributed by atoms with Gasteiger partial charge in [0, 0.05) is 44.9 Å². The number of fused-ring (bicyclic) bond motifs is 11. The van der Waals surface area contributed by atoms with Gasteiger partial charge in [-0.25, -0.2) is 4.98 Å². The summed E-state index contributed by atoms with van der Waals surface area (Å²) in [5.74, 6) is 0. The molecule has 0 unspecified atom stereocenters. The van der Waals surface area contributed by atoms with Crippen LogP contribution >= 0.6 is 0 Å². The standard InChI is InChI=1S/C42H27N3/c1-42(2)37-20-25(23-43)14-16-31(37)32-17-15-27(22-38(32)42)26-8-7-9-28(21-26)40-35-18-19-44-24-36(35)39-33-12-5-3-10-29(33)30-11-4-6-13-34(30)41(39)45-40/h3-22,24H,1-2H3. The normalized spacial score (nSPS) is 13.3. The van der Waals surface area contributed by atoms with Crippen molar-refractivity contribution in [1.82, 2.24) is 9.97 Å². The van der Waals surface area contributed by atoms with Gasteiger partial charge in [0.15, 0.2) is 0 Å². The van der Waals surface area contributed by atoms with Crippen molar-refractivity contribution in [3.05, 3.63) is 144 Å². The minimum Gasteiger partial charge on any atom is -0.264 e. The van der Waals surface area contributed by atoms with E-state index in [1.165, 1.54) is 44.0 Å². The fraction of sp³-hybridized carbons (Fsp3) is 0.0714. The highest BCUT2D eigenvalue weighted by Gasteiger charge is 2.35. The minimum atomic E-state index is -0.196. The first kappa shape index (κ1) is 25.6. The van der Waals surface area contributed by atoms with Crippen LogP contribution in [-0.2, 0) is 5.41 Å². The van der Waals surface area contributed by atoms with Gasteiger partial charge in [-0.05, 0) is 79.9 Å². The molecule has 2 heterocycles. The molecule has 3 heteroatoms. The minimum absolute atomic E-state index is 0.196. The first-order valence-electron chi connectivity index (χ1n) is 15.3. The first-order chi connectivity index (χ1) is 22.0. The topological polar surface area (TPSA) is 49.6 Å². The number of nitrogens with zero attached hydrogens (tertiary/aromatic N) is 3. The molecular weight excluding hydrogens is 546 g/mol. The number of nitriles is 1. The van der Waals surface area contributed by atoms with Crippen LogP contribution in [0.15, 0.2) is 128 Å². The van der Waals surface area contributed by atoms with Gasteiger partial charge in [0.25, 0.3) is 0 Å². The van der Waals surface area contributed by atoms with Crippen LogP contribution in [0.25, 0.3) is 76.7 Å². The van der Waals surface area contributed by atoms with E-state index in [1.807, 2.05) is 24.5 Å². The zero-order valence-electron chi connectivity index (χ0n) is 25.0. The Kier molecular flexibility index (Phi) is 5.31. The third kappa shape index (κ3) is 3.63. The summed E-state index contributed by atoms with van der Waals surface area (Å²) in [6, 6.07) is 43.2. The van der Waals surface area contributed by atoms with Gasteiger partial charge in [-0.15, -0.1) is 0 Å². The summed E-state index contributed by atoms with van der Waals surface area (Å²) in [6.45, 7) is 4.51. The summed E-state index contributed by atoms with van der Waals surface area (Å²) in [5.41, 5.74) is 10.8. The van der Waals surface area contributed by atoms with Crippen LogP contribution in [-0.4, -0.2) is 9.97 Å². The fourth-order valence-corrected chi connectivity index (χ4v) is 7.54. The number of benzene rings is 6. The molecule has 0 N–H and O–H groups in total. The highest BCUT2D eigenvalue weighted by molar-refractivity contribution is 6.31. The van der Waals surface area contributed by atoms with Crippen LogP contribution in [0.5, 0.6) is 0 Å². The Morgan fingerprint density at radius 3 is 2.04 bits per heavy atom. The zero-order chi connectivity index (χ0) is 30.3. The maximum Gasteiger partial charge on any atom is 0.0991 e. The Bertz CT molecular complexity index is 2590. The second-order valence-electron chi connectivity index (χ2n) is 12.5. The van der Waals surface area contributed by atoms with Gasteiger partial charge in [0.05, 0.1) is 22.8 Å². The molecule has 8 aromatic rings. The van der Waals surface area contributed by atoms with E-state index in [0.29, 0.717) is 5.56 Å². The number of aromatic nitrogens is 2. The van der Waals surface area contributed by atoms with Crippen molar-refractivity contribution in [3.8, 4) is 39.6 Å². The van der Waals surface area contributed by atoms with Gasteiger partial charge in [0.1, 0.15) is 0 Å². The molecule has 9 rings (SSSR count). The average Bonchev–Trinajstić information content (AvgIpc) is 3.32. The van der Waals surface area contributed by atoms with Crippen molar-refractivity contribution in [2.45, 2.75) is 19.3 Å². The predicted molar refractivity (Wildman–Crippen MR) is 185 cm³/mol. The SMILES string of the molecule is CC1(C)c2cc(C#N)ccc2-c2ccc(-c3cccc(-c4nc5c6ccccc6c6ccccc6c5c5cnccc45)c3)cc21. The summed E-state index contributed by atoms with van der Waals surface area (Å²) in [7, 11) is 0. The Labute approximate surface area is 261 Å². The Balaban J connectivity index is 1.26. The maximum atomic E-state index is 9.53. The molecule has 1 aliphatic rings. The lowest BCUT2D eigenvalue weighted by Crippen LogP contribution is -2.15. The van der Waals surface area contributed by atoms with E-state index in [9.17, 15) is 5.26 Å². The van der Waals surface area contributed by atoms with E-state index in [2.05, 4.69) is 128 Å². The van der Waals surface area contributed by atoms with Crippen LogP contribution in [0.3, 0.4) is 0 Å². The van der Waals surface area contributed by atoms with Crippen LogP contribution in [0.2, 0.25) is 0 Å². The Morgan fingerprint density at radius 2 is 1.24 bits per heavy atom. The van der Waals surface area contributed by atoms with Gasteiger partial charge in [-0.3, -0.25) is 4.98 Å². The number of rotatable bonds is 2. The lowest BCUT2D eigenvalue weighted by Gasteiger charge is -2.22. The highest BCUT2D eigenvalue weighted by atomic mass is 14.7. The van der Waals surface area contributed by atoms with Gasteiger partial charge < -0.3 is 0 Å². The molecule has 6 aromatic carbocycles. The Hall–Kier alpha value is -5.85. The van der Waals surface area contributed by atoms with Gasteiger partial charge in [-0.1, -0.05) is 98.8 Å². The summed E-state index contributed by atoms with van der Waals surface area (Å²) in [5, 5.41) is 17.7. The molecule has 0 fully saturated rings. The van der Waals surface area contributed by atoms with Crippen molar-refractivity contribution in [1.29, 1.82) is 5.26 Å². The predicted octanol–water partition coefficient (Wildman–Crippen LogP) is 10.6. The summed E-state index contributed by atoms with van der Waals surface area (Å²) < 4.78 is 0. The average molecular weight is 574 g/mol. The third-order valence-electron chi connectivity index (χ3n) is 9.75. The van der Waals surface area contributed by atoms with Gasteiger partial charge in [-0.2, -0.15) is 5.26 Å². The van der Waals surface area contributed by atoms with Crippen molar-refractivity contribution in [2.75, 3.05) is 0 Å². The summed E-state index contributed by atoms with van der Waals surface area (Å²) >= 11 is 0.